The summed E-state index contributed by atoms with van der Waals surface area (Å²) >= 11 is 0. The number of nitrogens with zero attached hydrogens (tertiary/aromatic N) is 2. The summed E-state index contributed by atoms with van der Waals surface area (Å²) in [7, 11) is 3.46. The van der Waals surface area contributed by atoms with E-state index in [9.17, 15) is 4.79 Å². The van der Waals surface area contributed by atoms with Gasteiger partial charge in [0.1, 0.15) is 17.2 Å². The molecule has 1 aliphatic heterocycles. The van der Waals surface area contributed by atoms with E-state index in [1.54, 1.807) is 11.8 Å². The molecule has 0 aliphatic carbocycles. The average Bonchev–Trinajstić information content (AvgIpc) is 2.98. The van der Waals surface area contributed by atoms with Gasteiger partial charge in [-0.1, -0.05) is 19.9 Å². The van der Waals surface area contributed by atoms with Crippen LogP contribution in [0.1, 0.15) is 35.6 Å². The van der Waals surface area contributed by atoms with E-state index < -0.39 is 0 Å². The SMILES string of the molecule is COc1ccc2c(c1)OC[C@@H](CNC(=O)c1cc(CC(C)C)nn1C)C2. The highest BCUT2D eigenvalue weighted by atomic mass is 16.5. The van der Waals surface area contributed by atoms with E-state index in [0.717, 1.165) is 35.6 Å². The number of amides is 1. The summed E-state index contributed by atoms with van der Waals surface area (Å²) in [5, 5.41) is 7.46. The van der Waals surface area contributed by atoms with Crippen LogP contribution in [0.3, 0.4) is 0 Å². The molecule has 2 heterocycles. The molecular formula is C20H27N3O3. The Hall–Kier alpha value is -2.50. The minimum absolute atomic E-state index is 0.0875. The maximum Gasteiger partial charge on any atom is 0.269 e. The highest BCUT2D eigenvalue weighted by molar-refractivity contribution is 5.92. The van der Waals surface area contributed by atoms with Gasteiger partial charge in [0, 0.05) is 25.6 Å². The zero-order valence-electron chi connectivity index (χ0n) is 15.9. The molecule has 3 rings (SSSR count). The number of benzene rings is 1. The van der Waals surface area contributed by atoms with Crippen molar-refractivity contribution in [1.82, 2.24) is 15.1 Å². The van der Waals surface area contributed by atoms with Crippen molar-refractivity contribution < 1.29 is 14.3 Å². The number of ether oxygens (including phenoxy) is 2. The lowest BCUT2D eigenvalue weighted by molar-refractivity contribution is 0.0929. The Labute approximate surface area is 154 Å². The Morgan fingerprint density at radius 2 is 2.23 bits per heavy atom. The highest BCUT2D eigenvalue weighted by Gasteiger charge is 2.22. The van der Waals surface area contributed by atoms with Gasteiger partial charge in [0.15, 0.2) is 0 Å². The van der Waals surface area contributed by atoms with Gasteiger partial charge in [-0.15, -0.1) is 0 Å². The predicted molar refractivity (Wildman–Crippen MR) is 99.8 cm³/mol. The molecule has 6 nitrogen and oxygen atoms in total. The van der Waals surface area contributed by atoms with Crippen LogP contribution in [0.2, 0.25) is 0 Å². The number of nitrogens with one attached hydrogen (secondary N) is 1. The minimum Gasteiger partial charge on any atom is -0.497 e. The van der Waals surface area contributed by atoms with Crippen LogP contribution in [0.4, 0.5) is 0 Å². The number of fused-ring (bicyclic) bond motifs is 1. The molecule has 1 amide bonds. The summed E-state index contributed by atoms with van der Waals surface area (Å²) in [4.78, 5) is 12.5. The zero-order chi connectivity index (χ0) is 18.7. The Morgan fingerprint density at radius 1 is 1.42 bits per heavy atom. The standard InChI is InChI=1S/C20H27N3O3/c1-13(2)7-16-9-18(23(3)22-16)20(24)21-11-14-8-15-5-6-17(25-4)10-19(15)26-12-14/h5-6,9-10,13-14H,7-8,11-12H2,1-4H3,(H,21,24)/t14-/m1/s1. The quantitative estimate of drug-likeness (QED) is 0.863. The molecule has 0 fully saturated rings. The molecule has 26 heavy (non-hydrogen) atoms. The molecule has 6 heteroatoms. The fraction of sp³-hybridized carbons (Fsp3) is 0.500. The van der Waals surface area contributed by atoms with E-state index in [4.69, 9.17) is 9.47 Å². The lowest BCUT2D eigenvalue weighted by Crippen LogP contribution is -2.35. The molecule has 0 bridgehead atoms. The first kappa shape index (κ1) is 18.3. The third-order valence-corrected chi connectivity index (χ3v) is 4.59. The number of carbonyl (C=O) groups is 1. The molecule has 1 aromatic heterocycles. The molecule has 1 atom stereocenters. The van der Waals surface area contributed by atoms with Gasteiger partial charge in [-0.05, 0) is 36.5 Å². The third-order valence-electron chi connectivity index (χ3n) is 4.59. The fourth-order valence-corrected chi connectivity index (χ4v) is 3.26. The number of hydrogen-bond acceptors (Lipinski definition) is 4. The van der Waals surface area contributed by atoms with Gasteiger partial charge in [-0.25, -0.2) is 0 Å². The number of aromatic nitrogens is 2. The van der Waals surface area contributed by atoms with Crippen molar-refractivity contribution in [3.8, 4) is 11.5 Å². The summed E-state index contributed by atoms with van der Waals surface area (Å²) in [6, 6.07) is 7.76. The average molecular weight is 357 g/mol. The summed E-state index contributed by atoms with van der Waals surface area (Å²) in [5.41, 5.74) is 2.70. The van der Waals surface area contributed by atoms with Gasteiger partial charge in [0.2, 0.25) is 0 Å². The second kappa shape index (κ2) is 7.81. The van der Waals surface area contributed by atoms with E-state index in [1.807, 2.05) is 31.3 Å². The van der Waals surface area contributed by atoms with Crippen molar-refractivity contribution in [2.75, 3.05) is 20.3 Å². The van der Waals surface area contributed by atoms with Crippen LogP contribution < -0.4 is 14.8 Å². The van der Waals surface area contributed by atoms with E-state index in [1.165, 1.54) is 0 Å². The second-order valence-corrected chi connectivity index (χ2v) is 7.31. The second-order valence-electron chi connectivity index (χ2n) is 7.31. The molecule has 0 spiro atoms. The summed E-state index contributed by atoms with van der Waals surface area (Å²) in [6.07, 6.45) is 1.75. The monoisotopic (exact) mass is 357 g/mol. The Bertz CT molecular complexity index is 783. The largest absolute Gasteiger partial charge is 0.497 e. The number of rotatable bonds is 6. The van der Waals surface area contributed by atoms with E-state index in [-0.39, 0.29) is 11.8 Å². The van der Waals surface area contributed by atoms with Crippen molar-refractivity contribution in [2.24, 2.45) is 18.9 Å². The van der Waals surface area contributed by atoms with Crippen LogP contribution in [0.25, 0.3) is 0 Å². The summed E-state index contributed by atoms with van der Waals surface area (Å²) < 4.78 is 12.7. The van der Waals surface area contributed by atoms with Crippen molar-refractivity contribution >= 4 is 5.91 Å². The van der Waals surface area contributed by atoms with Crippen molar-refractivity contribution in [1.29, 1.82) is 0 Å². The van der Waals surface area contributed by atoms with E-state index >= 15 is 0 Å². The summed E-state index contributed by atoms with van der Waals surface area (Å²) in [6.45, 7) is 5.45. The highest BCUT2D eigenvalue weighted by Crippen LogP contribution is 2.30. The van der Waals surface area contributed by atoms with Gasteiger partial charge in [0.05, 0.1) is 19.4 Å². The smallest absolute Gasteiger partial charge is 0.269 e. The molecule has 0 radical (unpaired) electrons. The maximum atomic E-state index is 12.5. The normalized spacial score (nSPS) is 16.1. The van der Waals surface area contributed by atoms with E-state index in [2.05, 4.69) is 24.3 Å². The third kappa shape index (κ3) is 4.18. The lowest BCUT2D eigenvalue weighted by Gasteiger charge is -2.25. The fourth-order valence-electron chi connectivity index (χ4n) is 3.26. The molecule has 2 aromatic rings. The molecule has 1 aliphatic rings. The van der Waals surface area contributed by atoms with Crippen LogP contribution >= 0.6 is 0 Å². The van der Waals surface area contributed by atoms with Crippen LogP contribution in [0.5, 0.6) is 11.5 Å². The molecule has 140 valence electrons. The first-order chi connectivity index (χ1) is 12.5. The van der Waals surface area contributed by atoms with E-state index in [0.29, 0.717) is 24.8 Å². The first-order valence-electron chi connectivity index (χ1n) is 9.07. The maximum absolute atomic E-state index is 12.5. The van der Waals surface area contributed by atoms with Gasteiger partial charge in [-0.2, -0.15) is 5.10 Å². The number of aryl methyl sites for hydroxylation is 1. The minimum atomic E-state index is -0.0875. The van der Waals surface area contributed by atoms with Crippen molar-refractivity contribution in [3.63, 3.8) is 0 Å². The number of hydrogen-bond donors (Lipinski definition) is 1. The molecule has 1 N–H and O–H groups in total. The van der Waals surface area contributed by atoms with Crippen LogP contribution in [0.15, 0.2) is 24.3 Å². The number of carbonyl (C=O) groups excluding carboxylic acids is 1. The van der Waals surface area contributed by atoms with Gasteiger partial charge >= 0.3 is 0 Å². The van der Waals surface area contributed by atoms with Crippen molar-refractivity contribution in [3.05, 3.63) is 41.2 Å². The molecule has 0 unspecified atom stereocenters. The Morgan fingerprint density at radius 3 is 2.96 bits per heavy atom. The lowest BCUT2D eigenvalue weighted by atomic mass is 9.96. The Balaban J connectivity index is 1.57. The predicted octanol–water partition coefficient (Wildman–Crippen LogP) is 2.61. The number of methoxy groups -OCH3 is 1. The molecule has 0 saturated carbocycles. The van der Waals surface area contributed by atoms with Crippen LogP contribution in [-0.4, -0.2) is 35.9 Å². The van der Waals surface area contributed by atoms with Crippen LogP contribution in [0, 0.1) is 11.8 Å². The Kier molecular flexibility index (Phi) is 5.49. The molecule has 0 saturated heterocycles. The van der Waals surface area contributed by atoms with Gasteiger partial charge in [-0.3, -0.25) is 9.48 Å². The molecule has 1 aromatic carbocycles. The van der Waals surface area contributed by atoms with Gasteiger partial charge < -0.3 is 14.8 Å². The molecular weight excluding hydrogens is 330 g/mol. The topological polar surface area (TPSA) is 65.4 Å². The van der Waals surface area contributed by atoms with Gasteiger partial charge in [0.25, 0.3) is 5.91 Å². The zero-order valence-corrected chi connectivity index (χ0v) is 15.9. The van der Waals surface area contributed by atoms with Crippen LogP contribution in [-0.2, 0) is 19.9 Å². The first-order valence-corrected chi connectivity index (χ1v) is 9.07. The summed E-state index contributed by atoms with van der Waals surface area (Å²) in [5.74, 6) is 2.35. The van der Waals surface area contributed by atoms with Crippen molar-refractivity contribution in [2.45, 2.75) is 26.7 Å².